The van der Waals surface area contributed by atoms with Crippen molar-refractivity contribution >= 4 is 27.3 Å². The van der Waals surface area contributed by atoms with E-state index in [4.69, 9.17) is 0 Å². The van der Waals surface area contributed by atoms with Crippen LogP contribution in [0.5, 0.6) is 0 Å². The van der Waals surface area contributed by atoms with Crippen molar-refractivity contribution in [1.29, 1.82) is 0 Å². The Balaban J connectivity index is 1.62. The van der Waals surface area contributed by atoms with Crippen LogP contribution in [0, 0.1) is 5.82 Å². The van der Waals surface area contributed by atoms with Gasteiger partial charge in [0.05, 0.1) is 4.47 Å². The van der Waals surface area contributed by atoms with Crippen molar-refractivity contribution < 1.29 is 4.39 Å². The quantitative estimate of drug-likeness (QED) is 0.801. The molecule has 1 saturated carbocycles. The molecule has 1 aliphatic rings. The zero-order valence-electron chi connectivity index (χ0n) is 10.9. The molecule has 1 aromatic carbocycles. The molecule has 3 rings (SSSR count). The fourth-order valence-corrected chi connectivity index (χ4v) is 3.23. The number of aromatic nitrogens is 2. The van der Waals surface area contributed by atoms with E-state index in [1.807, 2.05) is 6.07 Å². The lowest BCUT2D eigenvalue weighted by molar-refractivity contribution is 0.624. The molecular formula is C14H15BrFN3S. The van der Waals surface area contributed by atoms with E-state index < -0.39 is 0 Å². The first-order chi connectivity index (χ1) is 9.74. The summed E-state index contributed by atoms with van der Waals surface area (Å²) in [7, 11) is 0. The van der Waals surface area contributed by atoms with Crippen molar-refractivity contribution in [2.45, 2.75) is 31.7 Å². The zero-order valence-corrected chi connectivity index (χ0v) is 13.3. The van der Waals surface area contributed by atoms with Gasteiger partial charge in [0.2, 0.25) is 0 Å². The van der Waals surface area contributed by atoms with Crippen molar-refractivity contribution in [3.8, 4) is 10.6 Å². The summed E-state index contributed by atoms with van der Waals surface area (Å²) in [6.07, 6.45) is 4.56. The Morgan fingerprint density at radius 3 is 3.00 bits per heavy atom. The first kappa shape index (κ1) is 14.1. The third-order valence-corrected chi connectivity index (χ3v) is 4.86. The molecule has 1 fully saturated rings. The Morgan fingerprint density at radius 1 is 1.35 bits per heavy atom. The van der Waals surface area contributed by atoms with Crippen LogP contribution in [0.25, 0.3) is 10.6 Å². The third-order valence-electron chi connectivity index (χ3n) is 3.23. The highest BCUT2D eigenvalue weighted by molar-refractivity contribution is 9.10. The first-order valence-electron chi connectivity index (χ1n) is 6.74. The highest BCUT2D eigenvalue weighted by atomic mass is 79.9. The van der Waals surface area contributed by atoms with E-state index in [9.17, 15) is 4.39 Å². The van der Waals surface area contributed by atoms with Gasteiger partial charge >= 0.3 is 0 Å². The van der Waals surface area contributed by atoms with E-state index in [0.29, 0.717) is 15.0 Å². The largest absolute Gasteiger partial charge is 0.314 e. The minimum Gasteiger partial charge on any atom is -0.314 e. The topological polar surface area (TPSA) is 37.8 Å². The summed E-state index contributed by atoms with van der Waals surface area (Å²) >= 11 is 4.67. The number of nitrogens with one attached hydrogen (secondary N) is 1. The molecule has 20 heavy (non-hydrogen) atoms. The van der Waals surface area contributed by atoms with Crippen LogP contribution in [-0.4, -0.2) is 22.8 Å². The van der Waals surface area contributed by atoms with Gasteiger partial charge in [-0.2, -0.15) is 0 Å². The average Bonchev–Trinajstić information content (AvgIpc) is 3.15. The van der Waals surface area contributed by atoms with Crippen LogP contribution in [0.1, 0.15) is 24.3 Å². The molecule has 0 amide bonds. The van der Waals surface area contributed by atoms with Crippen molar-refractivity contribution in [2.24, 2.45) is 0 Å². The molecule has 0 bridgehead atoms. The van der Waals surface area contributed by atoms with Crippen LogP contribution >= 0.6 is 27.3 Å². The summed E-state index contributed by atoms with van der Waals surface area (Å²) in [5.41, 5.74) is 0.513. The van der Waals surface area contributed by atoms with E-state index in [2.05, 4.69) is 31.4 Å². The van der Waals surface area contributed by atoms with Crippen LogP contribution < -0.4 is 5.32 Å². The van der Waals surface area contributed by atoms with E-state index in [-0.39, 0.29) is 5.82 Å². The van der Waals surface area contributed by atoms with Gasteiger partial charge in [-0.3, -0.25) is 0 Å². The SMILES string of the molecule is Fc1c(Br)cccc1-c1nnc(CCCNC2CC2)s1. The van der Waals surface area contributed by atoms with E-state index >= 15 is 0 Å². The lowest BCUT2D eigenvalue weighted by Gasteiger charge is -2.00. The van der Waals surface area contributed by atoms with Gasteiger partial charge in [0.1, 0.15) is 10.8 Å². The van der Waals surface area contributed by atoms with Gasteiger partial charge in [-0.1, -0.05) is 17.4 Å². The summed E-state index contributed by atoms with van der Waals surface area (Å²) < 4.78 is 14.4. The highest BCUT2D eigenvalue weighted by Crippen LogP contribution is 2.30. The number of hydrogen-bond donors (Lipinski definition) is 1. The Labute approximate surface area is 129 Å². The highest BCUT2D eigenvalue weighted by Gasteiger charge is 2.19. The molecule has 6 heteroatoms. The molecule has 3 nitrogen and oxygen atoms in total. The summed E-state index contributed by atoms with van der Waals surface area (Å²) in [5.74, 6) is -0.273. The second kappa shape index (κ2) is 6.28. The summed E-state index contributed by atoms with van der Waals surface area (Å²) in [6, 6.07) is 5.97. The molecule has 0 aliphatic heterocycles. The average molecular weight is 356 g/mol. The maximum atomic E-state index is 14.0. The molecule has 1 aliphatic carbocycles. The number of rotatable bonds is 6. The predicted molar refractivity (Wildman–Crippen MR) is 82.3 cm³/mol. The summed E-state index contributed by atoms with van der Waals surface area (Å²) in [6.45, 7) is 1.02. The second-order valence-electron chi connectivity index (χ2n) is 4.93. The fraction of sp³-hybridized carbons (Fsp3) is 0.429. The monoisotopic (exact) mass is 355 g/mol. The molecule has 1 heterocycles. The molecule has 0 spiro atoms. The minimum absolute atomic E-state index is 0.273. The van der Waals surface area contributed by atoms with Crippen LogP contribution in [-0.2, 0) is 6.42 Å². The molecule has 1 N–H and O–H groups in total. The Bertz CT molecular complexity index is 598. The maximum Gasteiger partial charge on any atom is 0.150 e. The molecule has 106 valence electrons. The van der Waals surface area contributed by atoms with Crippen LogP contribution in [0.2, 0.25) is 0 Å². The van der Waals surface area contributed by atoms with Crippen LogP contribution in [0.3, 0.4) is 0 Å². The number of aryl methyl sites for hydroxylation is 1. The molecule has 0 saturated heterocycles. The number of nitrogens with zero attached hydrogens (tertiary/aromatic N) is 2. The molecule has 0 unspecified atom stereocenters. The van der Waals surface area contributed by atoms with Crippen LogP contribution in [0.15, 0.2) is 22.7 Å². The molecule has 2 aromatic rings. The Morgan fingerprint density at radius 2 is 2.20 bits per heavy atom. The minimum atomic E-state index is -0.273. The number of hydrogen-bond acceptors (Lipinski definition) is 4. The van der Waals surface area contributed by atoms with Gasteiger partial charge in [-0.05, 0) is 53.9 Å². The van der Waals surface area contributed by atoms with Gasteiger partial charge in [0.25, 0.3) is 0 Å². The number of halogens is 2. The second-order valence-corrected chi connectivity index (χ2v) is 6.85. The van der Waals surface area contributed by atoms with E-state index in [0.717, 1.165) is 30.4 Å². The first-order valence-corrected chi connectivity index (χ1v) is 8.35. The van der Waals surface area contributed by atoms with Crippen molar-refractivity contribution in [3.63, 3.8) is 0 Å². The van der Waals surface area contributed by atoms with Crippen molar-refractivity contribution in [2.75, 3.05) is 6.54 Å². The molecule has 0 radical (unpaired) electrons. The van der Waals surface area contributed by atoms with Gasteiger partial charge in [0, 0.05) is 18.0 Å². The smallest absolute Gasteiger partial charge is 0.150 e. The summed E-state index contributed by atoms with van der Waals surface area (Å²) in [5, 5.41) is 13.3. The predicted octanol–water partition coefficient (Wildman–Crippen LogP) is 3.79. The Kier molecular flexibility index (Phi) is 4.43. The zero-order chi connectivity index (χ0) is 13.9. The molecular weight excluding hydrogens is 341 g/mol. The van der Waals surface area contributed by atoms with Gasteiger partial charge in [-0.25, -0.2) is 4.39 Å². The third kappa shape index (κ3) is 3.42. The molecule has 0 atom stereocenters. The van der Waals surface area contributed by atoms with Crippen molar-refractivity contribution in [1.82, 2.24) is 15.5 Å². The Hall–Kier alpha value is -0.850. The number of benzene rings is 1. The van der Waals surface area contributed by atoms with Gasteiger partial charge in [-0.15, -0.1) is 10.2 Å². The lowest BCUT2D eigenvalue weighted by atomic mass is 10.2. The van der Waals surface area contributed by atoms with Crippen LogP contribution in [0.4, 0.5) is 4.39 Å². The van der Waals surface area contributed by atoms with Gasteiger partial charge in [0.15, 0.2) is 5.01 Å². The fourth-order valence-electron chi connectivity index (χ4n) is 1.97. The lowest BCUT2D eigenvalue weighted by Crippen LogP contribution is -2.17. The van der Waals surface area contributed by atoms with Gasteiger partial charge < -0.3 is 5.32 Å². The van der Waals surface area contributed by atoms with E-state index in [1.165, 1.54) is 24.2 Å². The summed E-state index contributed by atoms with van der Waals surface area (Å²) in [4.78, 5) is 0. The van der Waals surface area contributed by atoms with E-state index in [1.54, 1.807) is 12.1 Å². The standard InChI is InChI=1S/C14H15BrFN3S/c15-11-4-1-3-10(13(11)16)14-19-18-12(20-14)5-2-8-17-9-6-7-9/h1,3-4,9,17H,2,5-8H2. The van der Waals surface area contributed by atoms with Crippen molar-refractivity contribution in [3.05, 3.63) is 33.5 Å². The maximum absolute atomic E-state index is 14.0. The molecule has 1 aromatic heterocycles. The normalized spacial score (nSPS) is 14.7.